The number of Topliss-reactive ketones (excluding diaryl/α,β-unsaturated/α-hetero) is 2. The Kier molecular flexibility index (Phi) is 11.6. The second-order valence-corrected chi connectivity index (χ2v) is 8.71. The molecule has 0 aromatic heterocycles. The van der Waals surface area contributed by atoms with Gasteiger partial charge in [0.15, 0.2) is 5.78 Å². The fourth-order valence-electron chi connectivity index (χ4n) is 2.24. The van der Waals surface area contributed by atoms with Gasteiger partial charge in [-0.1, -0.05) is 41.5 Å². The smallest absolute Gasteiger partial charge is 0.246 e. The van der Waals surface area contributed by atoms with Crippen LogP contribution in [0.15, 0.2) is 0 Å². The van der Waals surface area contributed by atoms with Crippen LogP contribution in [0.4, 0.5) is 0 Å². The van der Waals surface area contributed by atoms with Crippen LogP contribution in [0.1, 0.15) is 54.4 Å². The highest BCUT2D eigenvalue weighted by Crippen LogP contribution is 2.22. The fourth-order valence-corrected chi connectivity index (χ4v) is 2.24. The third-order valence-corrected chi connectivity index (χ3v) is 3.99. The van der Waals surface area contributed by atoms with E-state index >= 15 is 0 Å². The van der Waals surface area contributed by atoms with E-state index in [0.29, 0.717) is 26.2 Å². The van der Waals surface area contributed by atoms with Crippen LogP contribution < -0.4 is 10.6 Å². The lowest BCUT2D eigenvalue weighted by Gasteiger charge is -2.26. The van der Waals surface area contributed by atoms with Crippen LogP contribution >= 0.6 is 0 Å². The first-order valence-electron chi connectivity index (χ1n) is 9.56. The summed E-state index contributed by atoms with van der Waals surface area (Å²) in [7, 11) is 1.84. The van der Waals surface area contributed by atoms with Gasteiger partial charge in [0.1, 0.15) is 12.4 Å². The van der Waals surface area contributed by atoms with Crippen LogP contribution in [0.3, 0.4) is 0 Å². The predicted octanol–water partition coefficient (Wildman–Crippen LogP) is 1.73. The summed E-state index contributed by atoms with van der Waals surface area (Å²) in [5.74, 6) is -0.387. The molecule has 0 saturated heterocycles. The summed E-state index contributed by atoms with van der Waals surface area (Å²) in [6, 6.07) is -0.695. The number of ketones is 2. The summed E-state index contributed by atoms with van der Waals surface area (Å²) >= 11 is 0. The molecule has 0 aromatic carbocycles. The number of hydrogen-bond acceptors (Lipinski definition) is 6. The van der Waals surface area contributed by atoms with E-state index in [1.807, 2.05) is 27.8 Å². The number of nitrogens with one attached hydrogen (secondary N) is 2. The lowest BCUT2D eigenvalue weighted by atomic mass is 9.82. The monoisotopic (exact) mass is 386 g/mol. The lowest BCUT2D eigenvalue weighted by Crippen LogP contribution is -2.47. The Hall–Kier alpha value is -1.31. The zero-order chi connectivity index (χ0) is 21.1. The van der Waals surface area contributed by atoms with Gasteiger partial charge in [-0.15, -0.1) is 0 Å². The van der Waals surface area contributed by atoms with Gasteiger partial charge < -0.3 is 20.1 Å². The van der Waals surface area contributed by atoms with Gasteiger partial charge in [-0.25, -0.2) is 0 Å². The van der Waals surface area contributed by atoms with Crippen molar-refractivity contribution in [2.75, 3.05) is 40.0 Å². The molecule has 1 atom stereocenters. The van der Waals surface area contributed by atoms with Crippen molar-refractivity contribution in [3.63, 3.8) is 0 Å². The molecule has 0 aromatic rings. The van der Waals surface area contributed by atoms with E-state index < -0.39 is 16.9 Å². The van der Waals surface area contributed by atoms with Gasteiger partial charge in [0.2, 0.25) is 5.91 Å². The van der Waals surface area contributed by atoms with Gasteiger partial charge in [-0.2, -0.15) is 0 Å². The Balaban J connectivity index is 4.52. The van der Waals surface area contributed by atoms with E-state index in [2.05, 4.69) is 10.6 Å². The highest BCUT2D eigenvalue weighted by atomic mass is 16.5. The number of amides is 1. The van der Waals surface area contributed by atoms with Gasteiger partial charge in [0, 0.05) is 23.8 Å². The Morgan fingerprint density at radius 3 is 2.00 bits per heavy atom. The molecule has 7 nitrogen and oxygen atoms in total. The molecule has 0 heterocycles. The molecule has 0 aliphatic rings. The van der Waals surface area contributed by atoms with Crippen molar-refractivity contribution in [1.29, 1.82) is 0 Å². The van der Waals surface area contributed by atoms with Crippen molar-refractivity contribution in [2.24, 2.45) is 10.8 Å². The number of rotatable bonds is 13. The minimum Gasteiger partial charge on any atom is -0.378 e. The molecule has 0 saturated carbocycles. The second kappa shape index (κ2) is 12.2. The van der Waals surface area contributed by atoms with E-state index in [-0.39, 0.29) is 30.5 Å². The summed E-state index contributed by atoms with van der Waals surface area (Å²) in [5.41, 5.74) is -1.07. The number of carbonyl (C=O) groups excluding carboxylic acids is 3. The summed E-state index contributed by atoms with van der Waals surface area (Å²) < 4.78 is 10.6. The van der Waals surface area contributed by atoms with Crippen molar-refractivity contribution < 1.29 is 23.9 Å². The van der Waals surface area contributed by atoms with Gasteiger partial charge in [-0.05, 0) is 13.5 Å². The molecule has 1 unspecified atom stereocenters. The average Bonchev–Trinajstić information content (AvgIpc) is 2.55. The largest absolute Gasteiger partial charge is 0.378 e. The maximum absolute atomic E-state index is 12.6. The molecule has 7 heteroatoms. The molecule has 0 aliphatic heterocycles. The minimum absolute atomic E-state index is 0.0680. The Morgan fingerprint density at radius 2 is 1.48 bits per heavy atom. The molecular formula is C20H38N2O5. The normalized spacial score (nSPS) is 13.3. The van der Waals surface area contributed by atoms with Crippen molar-refractivity contribution in [3.05, 3.63) is 0 Å². The van der Waals surface area contributed by atoms with Gasteiger partial charge in [0.25, 0.3) is 0 Å². The zero-order valence-corrected chi connectivity index (χ0v) is 18.1. The maximum atomic E-state index is 12.6. The molecule has 2 N–H and O–H groups in total. The molecule has 0 fully saturated rings. The Labute approximate surface area is 163 Å². The molecule has 0 radical (unpaired) electrons. The first-order valence-corrected chi connectivity index (χ1v) is 9.56. The quantitative estimate of drug-likeness (QED) is 0.468. The van der Waals surface area contributed by atoms with Crippen molar-refractivity contribution in [2.45, 2.75) is 60.4 Å². The van der Waals surface area contributed by atoms with Crippen LogP contribution in [0.5, 0.6) is 0 Å². The zero-order valence-electron chi connectivity index (χ0n) is 18.1. The number of carbonyl (C=O) groups is 3. The predicted molar refractivity (Wildman–Crippen MR) is 106 cm³/mol. The van der Waals surface area contributed by atoms with E-state index in [9.17, 15) is 14.4 Å². The molecule has 158 valence electrons. The first-order chi connectivity index (χ1) is 12.4. The standard InChI is InChI=1S/C20H38N2O5/c1-19(2,3)16(23)9-8-15(18(25)20(4,5)6)22-17(24)14-27-13-12-26-11-10-21-7/h15,21H,8-14H2,1-7H3,(H,22,24). The molecule has 0 bridgehead atoms. The molecular weight excluding hydrogens is 348 g/mol. The topological polar surface area (TPSA) is 93.7 Å². The summed E-state index contributed by atoms with van der Waals surface area (Å²) in [5, 5.41) is 5.69. The minimum atomic E-state index is -0.695. The third-order valence-electron chi connectivity index (χ3n) is 3.99. The molecule has 0 rings (SSSR count). The highest BCUT2D eigenvalue weighted by molar-refractivity contribution is 5.93. The molecule has 27 heavy (non-hydrogen) atoms. The van der Waals surface area contributed by atoms with Gasteiger partial charge >= 0.3 is 0 Å². The van der Waals surface area contributed by atoms with E-state index in [4.69, 9.17) is 9.47 Å². The van der Waals surface area contributed by atoms with E-state index in [0.717, 1.165) is 6.54 Å². The molecule has 1 amide bonds. The molecule has 0 spiro atoms. The lowest BCUT2D eigenvalue weighted by molar-refractivity contribution is -0.135. The van der Waals surface area contributed by atoms with Crippen LogP contribution in [-0.4, -0.2) is 63.5 Å². The van der Waals surface area contributed by atoms with Crippen molar-refractivity contribution >= 4 is 17.5 Å². The average molecular weight is 387 g/mol. The maximum Gasteiger partial charge on any atom is 0.246 e. The van der Waals surface area contributed by atoms with Crippen molar-refractivity contribution in [3.8, 4) is 0 Å². The van der Waals surface area contributed by atoms with Crippen LogP contribution in [-0.2, 0) is 23.9 Å². The van der Waals surface area contributed by atoms with Gasteiger partial charge in [0.05, 0.1) is 25.9 Å². The van der Waals surface area contributed by atoms with Gasteiger partial charge in [-0.3, -0.25) is 14.4 Å². The van der Waals surface area contributed by atoms with Crippen LogP contribution in [0, 0.1) is 10.8 Å². The number of ether oxygens (including phenoxy) is 2. The third kappa shape index (κ3) is 11.9. The second-order valence-electron chi connectivity index (χ2n) is 8.71. The fraction of sp³-hybridized carbons (Fsp3) is 0.850. The summed E-state index contributed by atoms with van der Waals surface area (Å²) in [6.45, 7) is 12.9. The Morgan fingerprint density at radius 1 is 0.889 bits per heavy atom. The van der Waals surface area contributed by atoms with E-state index in [1.54, 1.807) is 20.8 Å². The number of likely N-dealkylation sites (N-methyl/N-ethyl adjacent to an activating group) is 1. The van der Waals surface area contributed by atoms with Crippen LogP contribution in [0.2, 0.25) is 0 Å². The van der Waals surface area contributed by atoms with Crippen molar-refractivity contribution in [1.82, 2.24) is 10.6 Å². The highest BCUT2D eigenvalue weighted by Gasteiger charge is 2.32. The SMILES string of the molecule is CNCCOCCOCC(=O)NC(CCC(=O)C(C)(C)C)C(=O)C(C)(C)C. The first kappa shape index (κ1) is 25.7. The summed E-state index contributed by atoms with van der Waals surface area (Å²) in [6.07, 6.45) is 0.543. The van der Waals surface area contributed by atoms with Crippen LogP contribution in [0.25, 0.3) is 0 Å². The Bertz CT molecular complexity index is 478. The number of hydrogen-bond donors (Lipinski definition) is 2. The van der Waals surface area contributed by atoms with E-state index in [1.165, 1.54) is 0 Å². The summed E-state index contributed by atoms with van der Waals surface area (Å²) in [4.78, 5) is 37.0. The molecule has 0 aliphatic carbocycles.